The Bertz CT molecular complexity index is 454. The van der Waals surface area contributed by atoms with E-state index in [1.54, 1.807) is 6.92 Å². The van der Waals surface area contributed by atoms with E-state index >= 15 is 0 Å². The molecule has 1 fully saturated rings. The van der Waals surface area contributed by atoms with Crippen LogP contribution in [-0.4, -0.2) is 18.4 Å². The second-order valence-corrected chi connectivity index (χ2v) is 5.66. The Morgan fingerprint density at radius 1 is 1.22 bits per heavy atom. The number of hydrogen-bond acceptors (Lipinski definition) is 2. The number of anilines is 1. The Balaban J connectivity index is 2.02. The summed E-state index contributed by atoms with van der Waals surface area (Å²) < 4.78 is 0. The van der Waals surface area contributed by atoms with Gasteiger partial charge in [-0.3, -0.25) is 4.79 Å². The van der Waals surface area contributed by atoms with Crippen molar-refractivity contribution in [2.45, 2.75) is 45.1 Å². The van der Waals surface area contributed by atoms with E-state index in [2.05, 4.69) is 29.2 Å². The average Bonchev–Trinajstić information content (AvgIpc) is 2.63. The third-order valence-electron chi connectivity index (χ3n) is 4.53. The maximum atomic E-state index is 11.9. The Labute approximate surface area is 109 Å². The molecule has 3 rings (SSSR count). The molecule has 2 heteroatoms. The molecule has 1 aromatic rings. The van der Waals surface area contributed by atoms with Crippen molar-refractivity contribution < 1.29 is 4.79 Å². The lowest BCUT2D eigenvalue weighted by Gasteiger charge is -2.42. The van der Waals surface area contributed by atoms with E-state index in [4.69, 9.17) is 0 Å². The molecule has 1 aromatic carbocycles. The van der Waals surface area contributed by atoms with Gasteiger partial charge in [0.15, 0.2) is 0 Å². The van der Waals surface area contributed by atoms with Crippen LogP contribution >= 0.6 is 0 Å². The monoisotopic (exact) mass is 243 g/mol. The number of carbonyl (C=O) groups is 1. The van der Waals surface area contributed by atoms with Crippen LogP contribution in [0.3, 0.4) is 0 Å². The quantitative estimate of drug-likeness (QED) is 0.755. The lowest BCUT2D eigenvalue weighted by Crippen LogP contribution is -2.47. The first kappa shape index (κ1) is 11.8. The van der Waals surface area contributed by atoms with Crippen LogP contribution in [-0.2, 0) is 11.2 Å². The van der Waals surface area contributed by atoms with E-state index in [1.165, 1.54) is 36.9 Å². The molecule has 0 aromatic heterocycles. The molecule has 0 spiro atoms. The molecule has 2 unspecified atom stereocenters. The number of hydrogen-bond donors (Lipinski definition) is 0. The van der Waals surface area contributed by atoms with Gasteiger partial charge in [-0.1, -0.05) is 31.0 Å². The zero-order valence-corrected chi connectivity index (χ0v) is 11.1. The van der Waals surface area contributed by atoms with Crippen LogP contribution in [0.5, 0.6) is 0 Å². The van der Waals surface area contributed by atoms with Crippen LogP contribution in [0.25, 0.3) is 0 Å². The minimum Gasteiger partial charge on any atom is -0.368 e. The van der Waals surface area contributed by atoms with E-state index < -0.39 is 0 Å². The van der Waals surface area contributed by atoms with Gasteiger partial charge in [0.1, 0.15) is 5.78 Å². The summed E-state index contributed by atoms with van der Waals surface area (Å²) in [5.41, 5.74) is 2.73. The number of para-hydroxylation sites is 1. The van der Waals surface area contributed by atoms with Crippen molar-refractivity contribution in [3.8, 4) is 0 Å². The molecular formula is C16H21NO. The van der Waals surface area contributed by atoms with Crippen molar-refractivity contribution in [3.63, 3.8) is 0 Å². The highest BCUT2D eigenvalue weighted by Crippen LogP contribution is 2.37. The molecular weight excluding hydrogens is 222 g/mol. The molecule has 2 aliphatic rings. The lowest BCUT2D eigenvalue weighted by atomic mass is 9.81. The predicted octanol–water partition coefficient (Wildman–Crippen LogP) is 3.20. The standard InChI is InChI=1S/C16H21NO/c1-12(18)14-11-13-7-4-5-8-15(13)17-10-6-2-3-9-16(14)17/h4-5,7-8,14,16H,2-3,6,9-11H2,1H3. The first-order valence-corrected chi connectivity index (χ1v) is 7.12. The summed E-state index contributed by atoms with van der Waals surface area (Å²) in [4.78, 5) is 14.5. The van der Waals surface area contributed by atoms with Gasteiger partial charge in [0.25, 0.3) is 0 Å². The fourth-order valence-corrected chi connectivity index (χ4v) is 3.60. The molecule has 2 atom stereocenters. The highest BCUT2D eigenvalue weighted by atomic mass is 16.1. The Kier molecular flexibility index (Phi) is 3.11. The van der Waals surface area contributed by atoms with Gasteiger partial charge in [0.05, 0.1) is 0 Å². The SMILES string of the molecule is CC(=O)C1Cc2ccccc2N2CCCCCC12. The van der Waals surface area contributed by atoms with Gasteiger partial charge in [0, 0.05) is 24.2 Å². The summed E-state index contributed by atoms with van der Waals surface area (Å²) in [6.07, 6.45) is 5.95. The van der Waals surface area contributed by atoms with E-state index in [9.17, 15) is 4.79 Å². The van der Waals surface area contributed by atoms with Crippen LogP contribution < -0.4 is 4.90 Å². The molecule has 1 saturated heterocycles. The number of fused-ring (bicyclic) bond motifs is 3. The molecule has 0 radical (unpaired) electrons. The van der Waals surface area contributed by atoms with Crippen LogP contribution in [0.2, 0.25) is 0 Å². The predicted molar refractivity (Wildman–Crippen MR) is 73.9 cm³/mol. The Morgan fingerprint density at radius 2 is 2.06 bits per heavy atom. The molecule has 2 aliphatic heterocycles. The van der Waals surface area contributed by atoms with E-state index in [-0.39, 0.29) is 5.92 Å². The molecule has 0 aliphatic carbocycles. The van der Waals surface area contributed by atoms with Crippen molar-refractivity contribution in [1.29, 1.82) is 0 Å². The number of benzene rings is 1. The maximum Gasteiger partial charge on any atom is 0.135 e. The molecule has 0 saturated carbocycles. The van der Waals surface area contributed by atoms with Crippen molar-refractivity contribution >= 4 is 11.5 Å². The maximum absolute atomic E-state index is 11.9. The third kappa shape index (κ3) is 1.94. The highest BCUT2D eigenvalue weighted by molar-refractivity contribution is 5.81. The van der Waals surface area contributed by atoms with Crippen LogP contribution in [0, 0.1) is 5.92 Å². The van der Waals surface area contributed by atoms with Crippen LogP contribution in [0.4, 0.5) is 5.69 Å². The zero-order valence-electron chi connectivity index (χ0n) is 11.1. The minimum absolute atomic E-state index is 0.206. The number of nitrogens with zero attached hydrogens (tertiary/aromatic N) is 1. The summed E-state index contributed by atoms with van der Waals surface area (Å²) >= 11 is 0. The second kappa shape index (κ2) is 4.75. The van der Waals surface area contributed by atoms with Crippen molar-refractivity contribution in [2.24, 2.45) is 5.92 Å². The number of rotatable bonds is 1. The van der Waals surface area contributed by atoms with Gasteiger partial charge in [0.2, 0.25) is 0 Å². The minimum atomic E-state index is 0.206. The summed E-state index contributed by atoms with van der Waals surface area (Å²) in [5.74, 6) is 0.569. The lowest BCUT2D eigenvalue weighted by molar-refractivity contribution is -0.121. The summed E-state index contributed by atoms with van der Waals surface area (Å²) in [6, 6.07) is 9.07. The molecule has 2 heterocycles. The summed E-state index contributed by atoms with van der Waals surface area (Å²) in [6.45, 7) is 2.88. The molecule has 18 heavy (non-hydrogen) atoms. The second-order valence-electron chi connectivity index (χ2n) is 5.66. The molecule has 0 amide bonds. The van der Waals surface area contributed by atoms with Crippen molar-refractivity contribution in [1.82, 2.24) is 0 Å². The first-order valence-electron chi connectivity index (χ1n) is 7.12. The zero-order chi connectivity index (χ0) is 12.5. The molecule has 0 bridgehead atoms. The molecule has 0 N–H and O–H groups in total. The van der Waals surface area contributed by atoms with E-state index in [1.807, 2.05) is 0 Å². The largest absolute Gasteiger partial charge is 0.368 e. The van der Waals surface area contributed by atoms with Crippen LogP contribution in [0.15, 0.2) is 24.3 Å². The fourth-order valence-electron chi connectivity index (χ4n) is 3.60. The summed E-state index contributed by atoms with van der Waals surface area (Å²) in [7, 11) is 0. The van der Waals surface area contributed by atoms with Crippen molar-refractivity contribution in [2.75, 3.05) is 11.4 Å². The van der Waals surface area contributed by atoms with Gasteiger partial charge >= 0.3 is 0 Å². The van der Waals surface area contributed by atoms with Gasteiger partial charge in [-0.2, -0.15) is 0 Å². The first-order chi connectivity index (χ1) is 8.77. The smallest absolute Gasteiger partial charge is 0.135 e. The van der Waals surface area contributed by atoms with E-state index in [0.717, 1.165) is 13.0 Å². The highest BCUT2D eigenvalue weighted by Gasteiger charge is 2.36. The van der Waals surface area contributed by atoms with Crippen molar-refractivity contribution in [3.05, 3.63) is 29.8 Å². The number of ketones is 1. The van der Waals surface area contributed by atoms with Gasteiger partial charge in [-0.05, 0) is 37.8 Å². The van der Waals surface area contributed by atoms with E-state index in [0.29, 0.717) is 11.8 Å². The van der Waals surface area contributed by atoms with Crippen LogP contribution in [0.1, 0.15) is 38.2 Å². The molecule has 2 nitrogen and oxygen atoms in total. The third-order valence-corrected chi connectivity index (χ3v) is 4.53. The number of carbonyl (C=O) groups excluding carboxylic acids is 1. The normalized spacial score (nSPS) is 27.1. The average molecular weight is 243 g/mol. The number of Topliss-reactive ketones (excluding diaryl/α,β-unsaturated/α-hetero) is 1. The Hall–Kier alpha value is -1.31. The van der Waals surface area contributed by atoms with Gasteiger partial charge in [-0.15, -0.1) is 0 Å². The topological polar surface area (TPSA) is 20.3 Å². The summed E-state index contributed by atoms with van der Waals surface area (Å²) in [5, 5.41) is 0. The Morgan fingerprint density at radius 3 is 2.89 bits per heavy atom. The molecule has 96 valence electrons. The fraction of sp³-hybridized carbons (Fsp3) is 0.562. The van der Waals surface area contributed by atoms with Gasteiger partial charge < -0.3 is 4.90 Å². The van der Waals surface area contributed by atoms with Gasteiger partial charge in [-0.25, -0.2) is 0 Å².